The Bertz CT molecular complexity index is 794. The molecule has 0 aliphatic carbocycles. The number of hydrogen-bond acceptors (Lipinski definition) is 3. The molecule has 5 heteroatoms. The normalized spacial score (nSPS) is 10.8. The van der Waals surface area contributed by atoms with Crippen molar-refractivity contribution in [2.75, 3.05) is 5.32 Å². The molecule has 4 nitrogen and oxygen atoms in total. The third-order valence-corrected chi connectivity index (χ3v) is 3.16. The second-order valence-electron chi connectivity index (χ2n) is 4.86. The Morgan fingerprint density at radius 1 is 1.24 bits per heavy atom. The molecule has 3 rings (SSSR count). The number of halogens is 1. The summed E-state index contributed by atoms with van der Waals surface area (Å²) >= 11 is 0. The molecule has 1 heterocycles. The molecule has 0 saturated carbocycles. The zero-order chi connectivity index (χ0) is 14.8. The summed E-state index contributed by atoms with van der Waals surface area (Å²) in [5.74, 6) is -0.565. The number of benzene rings is 2. The van der Waals surface area contributed by atoms with Gasteiger partial charge < -0.3 is 9.84 Å². The van der Waals surface area contributed by atoms with Crippen LogP contribution in [0.5, 0.6) is 0 Å². The first-order chi connectivity index (χ1) is 10.1. The minimum absolute atomic E-state index is 0.105. The van der Waals surface area contributed by atoms with Crippen LogP contribution in [-0.2, 0) is 11.2 Å². The molecule has 1 amide bonds. The monoisotopic (exact) mass is 284 g/mol. The topological polar surface area (TPSA) is 55.1 Å². The Balaban J connectivity index is 1.77. The number of aromatic nitrogens is 1. The van der Waals surface area contributed by atoms with Gasteiger partial charge in [0.2, 0.25) is 5.91 Å². The number of nitrogens with zero attached hydrogens (tertiary/aromatic N) is 1. The van der Waals surface area contributed by atoms with Crippen molar-refractivity contribution in [2.24, 2.45) is 0 Å². The maximum atomic E-state index is 12.8. The molecule has 21 heavy (non-hydrogen) atoms. The van der Waals surface area contributed by atoms with Crippen LogP contribution < -0.4 is 5.32 Å². The lowest BCUT2D eigenvalue weighted by Gasteiger charge is -2.03. The van der Waals surface area contributed by atoms with Crippen LogP contribution in [0.15, 0.2) is 47.0 Å². The van der Waals surface area contributed by atoms with E-state index in [0.717, 1.165) is 10.9 Å². The van der Waals surface area contributed by atoms with Crippen LogP contribution in [-0.4, -0.2) is 11.1 Å². The second kappa shape index (κ2) is 5.36. The first-order valence-electron chi connectivity index (χ1n) is 6.52. The summed E-state index contributed by atoms with van der Waals surface area (Å²) < 4.78 is 18.0. The molecule has 0 spiro atoms. The van der Waals surface area contributed by atoms with Crippen molar-refractivity contribution in [2.45, 2.75) is 13.3 Å². The van der Waals surface area contributed by atoms with Crippen LogP contribution in [0, 0.1) is 12.7 Å². The lowest BCUT2D eigenvalue weighted by Crippen LogP contribution is -2.14. The number of anilines is 1. The molecular formula is C16H13FN2O2. The lowest BCUT2D eigenvalue weighted by atomic mass is 10.1. The van der Waals surface area contributed by atoms with Gasteiger partial charge >= 0.3 is 0 Å². The van der Waals surface area contributed by atoms with E-state index in [9.17, 15) is 9.18 Å². The average molecular weight is 284 g/mol. The summed E-state index contributed by atoms with van der Waals surface area (Å²) in [7, 11) is 0. The van der Waals surface area contributed by atoms with E-state index >= 15 is 0 Å². The van der Waals surface area contributed by atoms with E-state index < -0.39 is 0 Å². The van der Waals surface area contributed by atoms with Gasteiger partial charge in [0.1, 0.15) is 11.5 Å². The van der Waals surface area contributed by atoms with E-state index in [4.69, 9.17) is 4.52 Å². The Labute approximate surface area is 120 Å². The minimum Gasteiger partial charge on any atom is -0.356 e. The molecule has 0 bridgehead atoms. The summed E-state index contributed by atoms with van der Waals surface area (Å²) in [6.07, 6.45) is 0.105. The predicted octanol–water partition coefficient (Wildman–Crippen LogP) is 3.46. The first kappa shape index (κ1) is 13.3. The summed E-state index contributed by atoms with van der Waals surface area (Å²) in [5, 5.41) is 7.47. The van der Waals surface area contributed by atoms with Crippen molar-refractivity contribution >= 4 is 22.6 Å². The highest BCUT2D eigenvalue weighted by Gasteiger charge is 2.12. The maximum absolute atomic E-state index is 12.8. The van der Waals surface area contributed by atoms with Crippen molar-refractivity contribution in [1.29, 1.82) is 0 Å². The smallest absolute Gasteiger partial charge is 0.230 e. The van der Waals surface area contributed by atoms with Crippen molar-refractivity contribution < 1.29 is 13.7 Å². The molecule has 0 atom stereocenters. The van der Waals surface area contributed by atoms with Crippen molar-refractivity contribution in [3.63, 3.8) is 0 Å². The van der Waals surface area contributed by atoms with Gasteiger partial charge in [-0.1, -0.05) is 16.8 Å². The fourth-order valence-electron chi connectivity index (χ4n) is 2.12. The number of aryl methyl sites for hydroxylation is 1. The molecule has 106 valence electrons. The Kier molecular flexibility index (Phi) is 3.39. The minimum atomic E-state index is -0.342. The molecule has 2 aromatic carbocycles. The summed E-state index contributed by atoms with van der Waals surface area (Å²) in [5.41, 5.74) is 2.87. The maximum Gasteiger partial charge on any atom is 0.230 e. The standard InChI is InChI=1S/C16H13FN2O2/c1-10-2-7-15-13(8-10)14(19-21-15)9-16(20)18-12-5-3-11(17)4-6-12/h2-8H,9H2,1H3,(H,18,20). The number of fused-ring (bicyclic) bond motifs is 1. The predicted molar refractivity (Wildman–Crippen MR) is 77.5 cm³/mol. The average Bonchev–Trinajstić information content (AvgIpc) is 2.84. The summed E-state index contributed by atoms with van der Waals surface area (Å²) in [4.78, 5) is 12.0. The largest absolute Gasteiger partial charge is 0.356 e. The van der Waals surface area contributed by atoms with Gasteiger partial charge in [0.15, 0.2) is 5.58 Å². The molecule has 1 aromatic heterocycles. The number of rotatable bonds is 3. The van der Waals surface area contributed by atoms with E-state index in [1.54, 1.807) is 0 Å². The number of carbonyl (C=O) groups excluding carboxylic acids is 1. The Morgan fingerprint density at radius 3 is 2.76 bits per heavy atom. The molecular weight excluding hydrogens is 271 g/mol. The Morgan fingerprint density at radius 2 is 2.00 bits per heavy atom. The summed E-state index contributed by atoms with van der Waals surface area (Å²) in [6, 6.07) is 11.3. The van der Waals surface area contributed by atoms with E-state index in [1.807, 2.05) is 25.1 Å². The highest BCUT2D eigenvalue weighted by Crippen LogP contribution is 2.20. The number of amides is 1. The fourth-order valence-corrected chi connectivity index (χ4v) is 2.12. The van der Waals surface area contributed by atoms with Gasteiger partial charge in [-0.3, -0.25) is 4.79 Å². The summed E-state index contributed by atoms with van der Waals surface area (Å²) in [6.45, 7) is 1.97. The van der Waals surface area contributed by atoms with E-state index in [2.05, 4.69) is 10.5 Å². The number of nitrogens with one attached hydrogen (secondary N) is 1. The van der Waals surface area contributed by atoms with Crippen LogP contribution in [0.2, 0.25) is 0 Å². The van der Waals surface area contributed by atoms with E-state index in [1.165, 1.54) is 24.3 Å². The fraction of sp³-hybridized carbons (Fsp3) is 0.125. The molecule has 0 aliphatic rings. The zero-order valence-electron chi connectivity index (χ0n) is 11.4. The molecule has 1 N–H and O–H groups in total. The van der Waals surface area contributed by atoms with Gasteiger partial charge in [-0.25, -0.2) is 4.39 Å². The lowest BCUT2D eigenvalue weighted by molar-refractivity contribution is -0.115. The van der Waals surface area contributed by atoms with Crippen LogP contribution in [0.1, 0.15) is 11.3 Å². The van der Waals surface area contributed by atoms with Gasteiger partial charge in [0, 0.05) is 11.1 Å². The van der Waals surface area contributed by atoms with Crippen LogP contribution >= 0.6 is 0 Å². The van der Waals surface area contributed by atoms with Crippen LogP contribution in [0.4, 0.5) is 10.1 Å². The van der Waals surface area contributed by atoms with Gasteiger partial charge in [-0.05, 0) is 43.3 Å². The SMILES string of the molecule is Cc1ccc2onc(CC(=O)Nc3ccc(F)cc3)c2c1. The van der Waals surface area contributed by atoms with Gasteiger partial charge in [0.25, 0.3) is 0 Å². The van der Waals surface area contributed by atoms with Crippen molar-refractivity contribution in [3.8, 4) is 0 Å². The molecule has 3 aromatic rings. The van der Waals surface area contributed by atoms with Crippen molar-refractivity contribution in [1.82, 2.24) is 5.16 Å². The van der Waals surface area contributed by atoms with E-state index in [-0.39, 0.29) is 18.1 Å². The number of hydrogen-bond donors (Lipinski definition) is 1. The molecule has 0 fully saturated rings. The van der Waals surface area contributed by atoms with Gasteiger partial charge in [-0.2, -0.15) is 0 Å². The van der Waals surface area contributed by atoms with Crippen molar-refractivity contribution in [3.05, 3.63) is 59.5 Å². The first-order valence-corrected chi connectivity index (χ1v) is 6.52. The third-order valence-electron chi connectivity index (χ3n) is 3.16. The molecule has 0 radical (unpaired) electrons. The molecule has 0 aliphatic heterocycles. The van der Waals surface area contributed by atoms with Gasteiger partial charge in [-0.15, -0.1) is 0 Å². The second-order valence-corrected chi connectivity index (χ2v) is 4.86. The highest BCUT2D eigenvalue weighted by molar-refractivity contribution is 5.94. The molecule has 0 unspecified atom stereocenters. The Hall–Kier alpha value is -2.69. The third kappa shape index (κ3) is 2.91. The number of carbonyl (C=O) groups is 1. The van der Waals surface area contributed by atoms with Crippen LogP contribution in [0.25, 0.3) is 11.0 Å². The highest BCUT2D eigenvalue weighted by atomic mass is 19.1. The zero-order valence-corrected chi connectivity index (χ0v) is 11.4. The van der Waals surface area contributed by atoms with Crippen LogP contribution in [0.3, 0.4) is 0 Å². The van der Waals surface area contributed by atoms with E-state index in [0.29, 0.717) is 17.0 Å². The molecule has 0 saturated heterocycles. The quantitative estimate of drug-likeness (QED) is 0.801. The van der Waals surface area contributed by atoms with Gasteiger partial charge in [0.05, 0.1) is 6.42 Å².